The van der Waals surface area contributed by atoms with Crippen LogP contribution >= 0.6 is 22.7 Å². The van der Waals surface area contributed by atoms with Crippen molar-refractivity contribution in [3.8, 4) is 0 Å². The number of aromatic nitrogens is 2. The van der Waals surface area contributed by atoms with Crippen molar-refractivity contribution in [2.45, 2.75) is 46.1 Å². The number of nitrogens with one attached hydrogen (secondary N) is 1. The molecule has 0 saturated carbocycles. The Morgan fingerprint density at radius 1 is 1.25 bits per heavy atom. The molecular formula is C19H20N4O3S2. The number of carbonyl (C=O) groups is 2. The topological polar surface area (TPSA) is 107 Å². The first-order chi connectivity index (χ1) is 13.3. The van der Waals surface area contributed by atoms with Crippen molar-refractivity contribution < 1.29 is 9.59 Å². The van der Waals surface area contributed by atoms with E-state index >= 15 is 0 Å². The lowest BCUT2D eigenvalue weighted by Gasteiger charge is -2.11. The maximum atomic E-state index is 12.8. The average Bonchev–Trinajstić information content (AvgIpc) is 3.18. The molecule has 7 nitrogen and oxygen atoms in total. The maximum Gasteiger partial charge on any atom is 0.262 e. The summed E-state index contributed by atoms with van der Waals surface area (Å²) < 4.78 is 1.36. The Balaban J connectivity index is 1.64. The van der Waals surface area contributed by atoms with Gasteiger partial charge in [-0.25, -0.2) is 4.98 Å². The van der Waals surface area contributed by atoms with Crippen molar-refractivity contribution in [1.82, 2.24) is 9.55 Å². The molecule has 0 aromatic carbocycles. The van der Waals surface area contributed by atoms with Gasteiger partial charge in [-0.3, -0.25) is 19.0 Å². The lowest BCUT2D eigenvalue weighted by atomic mass is 9.95. The van der Waals surface area contributed by atoms with Gasteiger partial charge in [0, 0.05) is 9.75 Å². The Hall–Kier alpha value is -2.52. The molecule has 2 amide bonds. The molecule has 0 unspecified atom stereocenters. The fourth-order valence-electron chi connectivity index (χ4n) is 3.65. The summed E-state index contributed by atoms with van der Waals surface area (Å²) in [5, 5.41) is 3.80. The van der Waals surface area contributed by atoms with E-state index in [4.69, 9.17) is 5.73 Å². The van der Waals surface area contributed by atoms with Gasteiger partial charge in [0.1, 0.15) is 22.2 Å². The van der Waals surface area contributed by atoms with E-state index in [2.05, 4.69) is 10.3 Å². The zero-order chi connectivity index (χ0) is 20.0. The fourth-order valence-corrected chi connectivity index (χ4v) is 5.87. The Morgan fingerprint density at radius 2 is 2.00 bits per heavy atom. The number of nitrogens with two attached hydrogens (primary N) is 1. The number of amides is 2. The third-order valence-electron chi connectivity index (χ3n) is 4.94. The second-order valence-electron chi connectivity index (χ2n) is 6.95. The van der Waals surface area contributed by atoms with Crippen LogP contribution in [0.25, 0.3) is 10.2 Å². The van der Waals surface area contributed by atoms with Crippen LogP contribution in [-0.2, 0) is 24.2 Å². The molecule has 0 bridgehead atoms. The molecule has 3 heterocycles. The predicted octanol–water partition coefficient (Wildman–Crippen LogP) is 2.75. The van der Waals surface area contributed by atoms with E-state index in [9.17, 15) is 14.4 Å². The average molecular weight is 417 g/mol. The van der Waals surface area contributed by atoms with Crippen LogP contribution in [-0.4, -0.2) is 21.4 Å². The molecule has 0 radical (unpaired) electrons. The van der Waals surface area contributed by atoms with Crippen LogP contribution in [0.4, 0.5) is 5.00 Å². The van der Waals surface area contributed by atoms with Crippen molar-refractivity contribution >= 4 is 49.7 Å². The smallest absolute Gasteiger partial charge is 0.262 e. The van der Waals surface area contributed by atoms with E-state index in [-0.39, 0.29) is 18.0 Å². The number of rotatable bonds is 4. The fraction of sp³-hybridized carbons (Fsp3) is 0.368. The van der Waals surface area contributed by atoms with Crippen LogP contribution < -0.4 is 16.6 Å². The SMILES string of the molecule is Cc1cc2c(=O)n(CC(=O)Nc3sc4c(c3C(N)=O)CCCC4)c(C)nc2s1. The second kappa shape index (κ2) is 7.14. The number of aryl methyl sites for hydroxylation is 3. The normalized spacial score (nSPS) is 13.5. The summed E-state index contributed by atoms with van der Waals surface area (Å²) in [4.78, 5) is 44.6. The van der Waals surface area contributed by atoms with E-state index in [1.165, 1.54) is 27.2 Å². The lowest BCUT2D eigenvalue weighted by molar-refractivity contribution is -0.116. The number of thiophene rings is 2. The van der Waals surface area contributed by atoms with E-state index in [1.54, 1.807) is 13.0 Å². The number of anilines is 1. The predicted molar refractivity (Wildman–Crippen MR) is 111 cm³/mol. The zero-order valence-corrected chi connectivity index (χ0v) is 17.3. The molecule has 3 aromatic rings. The zero-order valence-electron chi connectivity index (χ0n) is 15.6. The standard InChI is InChI=1S/C19H20N4O3S2/c1-9-7-12-17(27-9)21-10(2)23(19(12)26)8-14(24)22-18-15(16(20)25)11-5-3-4-6-13(11)28-18/h7H,3-6,8H2,1-2H3,(H2,20,25)(H,22,24). The quantitative estimate of drug-likeness (QED) is 0.682. The summed E-state index contributed by atoms with van der Waals surface area (Å²) in [5.74, 6) is -0.422. The van der Waals surface area contributed by atoms with E-state index < -0.39 is 5.91 Å². The van der Waals surface area contributed by atoms with Crippen molar-refractivity contribution in [2.24, 2.45) is 5.73 Å². The minimum absolute atomic E-state index is 0.163. The number of hydrogen-bond acceptors (Lipinski definition) is 6. The molecule has 0 fully saturated rings. The Morgan fingerprint density at radius 3 is 2.75 bits per heavy atom. The maximum absolute atomic E-state index is 12.8. The van der Waals surface area contributed by atoms with Crippen LogP contribution in [0.2, 0.25) is 0 Å². The Labute approximate surface area is 169 Å². The Kier molecular flexibility index (Phi) is 4.80. The highest BCUT2D eigenvalue weighted by Crippen LogP contribution is 2.37. The molecule has 28 heavy (non-hydrogen) atoms. The largest absolute Gasteiger partial charge is 0.365 e. The molecule has 0 aliphatic heterocycles. The first-order valence-electron chi connectivity index (χ1n) is 9.07. The number of primary amides is 1. The molecule has 9 heteroatoms. The first kappa shape index (κ1) is 18.8. The van der Waals surface area contributed by atoms with Gasteiger partial charge >= 0.3 is 0 Å². The molecule has 0 atom stereocenters. The van der Waals surface area contributed by atoms with E-state index in [0.717, 1.165) is 41.0 Å². The molecule has 1 aliphatic carbocycles. The van der Waals surface area contributed by atoms with Crippen molar-refractivity contribution in [3.05, 3.63) is 43.1 Å². The van der Waals surface area contributed by atoms with Gasteiger partial charge in [0.25, 0.3) is 11.5 Å². The van der Waals surface area contributed by atoms with Gasteiger partial charge < -0.3 is 11.1 Å². The summed E-state index contributed by atoms with van der Waals surface area (Å²) in [6.45, 7) is 3.47. The van der Waals surface area contributed by atoms with Crippen LogP contribution in [0.3, 0.4) is 0 Å². The number of nitrogens with zero attached hydrogens (tertiary/aromatic N) is 2. The summed E-state index contributed by atoms with van der Waals surface area (Å²) >= 11 is 2.87. The van der Waals surface area contributed by atoms with E-state index in [0.29, 0.717) is 26.6 Å². The van der Waals surface area contributed by atoms with Gasteiger partial charge in [-0.2, -0.15) is 0 Å². The van der Waals surface area contributed by atoms with Gasteiger partial charge in [0.2, 0.25) is 5.91 Å². The van der Waals surface area contributed by atoms with Gasteiger partial charge in [0.05, 0.1) is 10.9 Å². The van der Waals surface area contributed by atoms with Crippen molar-refractivity contribution in [1.29, 1.82) is 0 Å². The van der Waals surface area contributed by atoms with Crippen LogP contribution in [0, 0.1) is 13.8 Å². The van der Waals surface area contributed by atoms with Crippen LogP contribution in [0.1, 0.15) is 44.3 Å². The lowest BCUT2D eigenvalue weighted by Crippen LogP contribution is -2.30. The highest BCUT2D eigenvalue weighted by Gasteiger charge is 2.25. The van der Waals surface area contributed by atoms with Crippen molar-refractivity contribution in [3.63, 3.8) is 0 Å². The van der Waals surface area contributed by atoms with E-state index in [1.807, 2.05) is 6.92 Å². The van der Waals surface area contributed by atoms with Crippen LogP contribution in [0.5, 0.6) is 0 Å². The number of carbonyl (C=O) groups excluding carboxylic acids is 2. The summed E-state index contributed by atoms with van der Waals surface area (Å²) in [7, 11) is 0. The molecular weight excluding hydrogens is 396 g/mol. The van der Waals surface area contributed by atoms with Gasteiger partial charge in [-0.15, -0.1) is 22.7 Å². The molecule has 0 saturated heterocycles. The number of hydrogen-bond donors (Lipinski definition) is 2. The number of fused-ring (bicyclic) bond motifs is 2. The molecule has 1 aliphatic rings. The Bertz CT molecular complexity index is 1170. The summed E-state index contributed by atoms with van der Waals surface area (Å²) in [6.07, 6.45) is 3.78. The van der Waals surface area contributed by atoms with Crippen LogP contribution in [0.15, 0.2) is 10.9 Å². The second-order valence-corrected chi connectivity index (χ2v) is 9.29. The summed E-state index contributed by atoms with van der Waals surface area (Å²) in [6, 6.07) is 1.79. The van der Waals surface area contributed by atoms with Gasteiger partial charge in [-0.1, -0.05) is 0 Å². The highest BCUT2D eigenvalue weighted by atomic mass is 32.1. The minimum Gasteiger partial charge on any atom is -0.365 e. The molecule has 0 spiro atoms. The highest BCUT2D eigenvalue weighted by molar-refractivity contribution is 7.18. The van der Waals surface area contributed by atoms with Gasteiger partial charge in [-0.05, 0) is 51.2 Å². The molecule has 4 rings (SSSR count). The minimum atomic E-state index is -0.528. The first-order valence-corrected chi connectivity index (χ1v) is 10.7. The third-order valence-corrected chi connectivity index (χ3v) is 7.09. The van der Waals surface area contributed by atoms with Crippen molar-refractivity contribution in [2.75, 3.05) is 5.32 Å². The van der Waals surface area contributed by atoms with Gasteiger partial charge in [0.15, 0.2) is 0 Å². The monoisotopic (exact) mass is 416 g/mol. The molecule has 146 valence electrons. The molecule has 3 N–H and O–H groups in total. The third kappa shape index (κ3) is 3.24. The summed E-state index contributed by atoms with van der Waals surface area (Å²) in [5.41, 5.74) is 6.72. The molecule has 3 aromatic heterocycles.